The van der Waals surface area contributed by atoms with Crippen molar-refractivity contribution in [2.75, 3.05) is 13.7 Å². The highest BCUT2D eigenvalue weighted by atomic mass is 16.5. The monoisotopic (exact) mass is 370 g/mol. The van der Waals surface area contributed by atoms with Crippen LogP contribution in [-0.2, 0) is 42.6 Å². The van der Waals surface area contributed by atoms with E-state index in [-0.39, 0.29) is 11.8 Å². The van der Waals surface area contributed by atoms with Gasteiger partial charge in [-0.25, -0.2) is 4.98 Å². The van der Waals surface area contributed by atoms with Crippen molar-refractivity contribution >= 4 is 11.8 Å². The number of hydrogen-bond donors (Lipinski definition) is 1. The molecule has 0 bridgehead atoms. The first kappa shape index (κ1) is 18.9. The number of methoxy groups -OCH3 is 1. The molecule has 0 saturated carbocycles. The number of ether oxygens (including phenoxy) is 1. The Bertz CT molecular complexity index is 844. The average Bonchev–Trinajstić information content (AvgIpc) is 3.01. The molecule has 7 heteroatoms. The molecular weight excluding hydrogens is 344 g/mol. The van der Waals surface area contributed by atoms with Gasteiger partial charge < -0.3 is 19.5 Å². The Kier molecular flexibility index (Phi) is 5.78. The molecule has 0 atom stereocenters. The number of aromatic nitrogens is 2. The summed E-state index contributed by atoms with van der Waals surface area (Å²) in [7, 11) is 3.55. The van der Waals surface area contributed by atoms with E-state index in [4.69, 9.17) is 4.74 Å². The summed E-state index contributed by atoms with van der Waals surface area (Å²) in [4.78, 5) is 30.8. The summed E-state index contributed by atoms with van der Waals surface area (Å²) in [6, 6.07) is 7.60. The van der Waals surface area contributed by atoms with Gasteiger partial charge in [0.15, 0.2) is 0 Å². The first-order valence-corrected chi connectivity index (χ1v) is 9.23. The number of nitrogens with one attached hydrogen (secondary N) is 1. The molecule has 0 unspecified atom stereocenters. The standard InChI is InChI=1S/C20H26N4O3/c1-4-19(25)21-12-18-22-15-9-10-24(13-16(15)23(18)2)20(26)11-14-7-5-6-8-17(14)27-3/h5-8H,4,9-13H2,1-3H3,(H,21,25). The maximum absolute atomic E-state index is 12.8. The Morgan fingerprint density at radius 3 is 2.81 bits per heavy atom. The van der Waals surface area contributed by atoms with Crippen LogP contribution in [0.2, 0.25) is 0 Å². The fourth-order valence-electron chi connectivity index (χ4n) is 3.34. The minimum Gasteiger partial charge on any atom is -0.496 e. The highest BCUT2D eigenvalue weighted by Crippen LogP contribution is 2.22. The lowest BCUT2D eigenvalue weighted by Crippen LogP contribution is -2.37. The molecule has 1 aromatic heterocycles. The Morgan fingerprint density at radius 1 is 1.30 bits per heavy atom. The molecule has 7 nitrogen and oxygen atoms in total. The lowest BCUT2D eigenvalue weighted by atomic mass is 10.1. The Labute approximate surface area is 159 Å². The third-order valence-electron chi connectivity index (χ3n) is 5.00. The number of benzene rings is 1. The first-order valence-electron chi connectivity index (χ1n) is 9.23. The zero-order valence-electron chi connectivity index (χ0n) is 16.1. The number of amides is 2. The SMILES string of the molecule is CCC(=O)NCc1nc2c(n1C)CN(C(=O)Cc1ccccc1OC)CC2. The Morgan fingerprint density at radius 2 is 2.07 bits per heavy atom. The summed E-state index contributed by atoms with van der Waals surface area (Å²) in [5.74, 6) is 1.63. The van der Waals surface area contributed by atoms with E-state index in [0.29, 0.717) is 32.5 Å². The van der Waals surface area contributed by atoms with Crippen LogP contribution >= 0.6 is 0 Å². The zero-order valence-corrected chi connectivity index (χ0v) is 16.1. The predicted octanol–water partition coefficient (Wildman–Crippen LogP) is 1.58. The number of carbonyl (C=O) groups is 2. The number of fused-ring (bicyclic) bond motifs is 1. The highest BCUT2D eigenvalue weighted by molar-refractivity contribution is 5.79. The summed E-state index contributed by atoms with van der Waals surface area (Å²) in [5.41, 5.74) is 2.94. The third-order valence-corrected chi connectivity index (χ3v) is 5.00. The second-order valence-corrected chi connectivity index (χ2v) is 6.66. The van der Waals surface area contributed by atoms with E-state index in [1.54, 1.807) is 7.11 Å². The molecule has 0 saturated heterocycles. The van der Waals surface area contributed by atoms with Crippen LogP contribution in [0.3, 0.4) is 0 Å². The van der Waals surface area contributed by atoms with Gasteiger partial charge in [0.05, 0.1) is 38.0 Å². The first-order chi connectivity index (χ1) is 13.0. The minimum atomic E-state index is 0.00425. The van der Waals surface area contributed by atoms with Gasteiger partial charge >= 0.3 is 0 Å². The van der Waals surface area contributed by atoms with Crippen LogP contribution in [0.25, 0.3) is 0 Å². The fourth-order valence-corrected chi connectivity index (χ4v) is 3.34. The van der Waals surface area contributed by atoms with Gasteiger partial charge in [-0.2, -0.15) is 0 Å². The molecule has 2 aromatic rings. The van der Waals surface area contributed by atoms with Crippen molar-refractivity contribution in [1.29, 1.82) is 0 Å². The Balaban J connectivity index is 1.69. The molecule has 0 fully saturated rings. The minimum absolute atomic E-state index is 0.00425. The van der Waals surface area contributed by atoms with E-state index in [9.17, 15) is 9.59 Å². The zero-order chi connectivity index (χ0) is 19.4. The van der Waals surface area contributed by atoms with Crippen LogP contribution in [0.4, 0.5) is 0 Å². The van der Waals surface area contributed by atoms with Gasteiger partial charge in [0.1, 0.15) is 11.6 Å². The molecule has 0 aliphatic carbocycles. The molecule has 144 valence electrons. The fraction of sp³-hybridized carbons (Fsp3) is 0.450. The van der Waals surface area contributed by atoms with Gasteiger partial charge in [-0.15, -0.1) is 0 Å². The quantitative estimate of drug-likeness (QED) is 0.838. The Hall–Kier alpha value is -2.83. The van der Waals surface area contributed by atoms with Gasteiger partial charge in [-0.05, 0) is 6.07 Å². The van der Waals surface area contributed by atoms with Crippen LogP contribution < -0.4 is 10.1 Å². The highest BCUT2D eigenvalue weighted by Gasteiger charge is 2.26. The molecule has 0 radical (unpaired) electrons. The van der Waals surface area contributed by atoms with E-state index in [1.807, 2.05) is 47.7 Å². The van der Waals surface area contributed by atoms with Crippen LogP contribution in [0.5, 0.6) is 5.75 Å². The van der Waals surface area contributed by atoms with Gasteiger partial charge in [0.25, 0.3) is 0 Å². The number of imidazole rings is 1. The van der Waals surface area contributed by atoms with E-state index >= 15 is 0 Å². The molecule has 1 N–H and O–H groups in total. The van der Waals surface area contributed by atoms with Crippen molar-refractivity contribution in [3.63, 3.8) is 0 Å². The van der Waals surface area contributed by atoms with Gasteiger partial charge in [-0.3, -0.25) is 9.59 Å². The lowest BCUT2D eigenvalue weighted by molar-refractivity contribution is -0.131. The summed E-state index contributed by atoms with van der Waals surface area (Å²) in [5, 5.41) is 2.86. The molecule has 3 rings (SSSR count). The largest absolute Gasteiger partial charge is 0.496 e. The van der Waals surface area contributed by atoms with Crippen LogP contribution in [0.1, 0.15) is 36.1 Å². The van der Waals surface area contributed by atoms with Gasteiger partial charge in [-0.1, -0.05) is 25.1 Å². The smallest absolute Gasteiger partial charge is 0.227 e. The van der Waals surface area contributed by atoms with Crippen molar-refractivity contribution in [3.8, 4) is 5.75 Å². The van der Waals surface area contributed by atoms with Crippen LogP contribution in [0, 0.1) is 0 Å². The second kappa shape index (κ2) is 8.24. The van der Waals surface area contributed by atoms with Crippen molar-refractivity contribution in [2.24, 2.45) is 7.05 Å². The van der Waals surface area contributed by atoms with Gasteiger partial charge in [0.2, 0.25) is 11.8 Å². The summed E-state index contributed by atoms with van der Waals surface area (Å²) < 4.78 is 7.34. The lowest BCUT2D eigenvalue weighted by Gasteiger charge is -2.27. The van der Waals surface area contributed by atoms with Crippen molar-refractivity contribution in [3.05, 3.63) is 47.0 Å². The van der Waals surface area contributed by atoms with Gasteiger partial charge in [0, 0.05) is 32.0 Å². The molecule has 2 amide bonds. The van der Waals surface area contributed by atoms with Crippen LogP contribution in [0.15, 0.2) is 24.3 Å². The average molecular weight is 370 g/mol. The number of carbonyl (C=O) groups excluding carboxylic acids is 2. The normalized spacial score (nSPS) is 13.2. The number of rotatable bonds is 6. The molecule has 1 aromatic carbocycles. The maximum Gasteiger partial charge on any atom is 0.227 e. The van der Waals surface area contributed by atoms with Crippen molar-refractivity contribution < 1.29 is 14.3 Å². The number of nitrogens with zero attached hydrogens (tertiary/aromatic N) is 3. The van der Waals surface area contributed by atoms with Crippen LogP contribution in [-0.4, -0.2) is 39.9 Å². The van der Waals surface area contributed by atoms with E-state index in [0.717, 1.165) is 34.9 Å². The molecule has 1 aliphatic heterocycles. The topological polar surface area (TPSA) is 76.5 Å². The third kappa shape index (κ3) is 4.13. The summed E-state index contributed by atoms with van der Waals surface area (Å²) in [6.45, 7) is 3.42. The van der Waals surface area contributed by atoms with Crippen molar-refractivity contribution in [1.82, 2.24) is 19.8 Å². The summed E-state index contributed by atoms with van der Waals surface area (Å²) in [6.07, 6.45) is 1.49. The number of hydrogen-bond acceptors (Lipinski definition) is 4. The van der Waals surface area contributed by atoms with Crippen molar-refractivity contribution in [2.45, 2.75) is 39.3 Å². The van der Waals surface area contributed by atoms with E-state index in [2.05, 4.69) is 10.3 Å². The van der Waals surface area contributed by atoms with E-state index < -0.39 is 0 Å². The molecule has 27 heavy (non-hydrogen) atoms. The molecular formula is C20H26N4O3. The predicted molar refractivity (Wildman–Crippen MR) is 101 cm³/mol. The van der Waals surface area contributed by atoms with E-state index in [1.165, 1.54) is 0 Å². The summed E-state index contributed by atoms with van der Waals surface area (Å²) >= 11 is 0. The second-order valence-electron chi connectivity index (χ2n) is 6.66. The number of para-hydroxylation sites is 1. The molecule has 1 aliphatic rings. The molecule has 2 heterocycles. The maximum atomic E-state index is 12.8. The molecule has 0 spiro atoms.